The van der Waals surface area contributed by atoms with E-state index in [1.54, 1.807) is 0 Å². The standard InChI is InChI=1S/C53H103NO6/c1-7-13-18-29-36-45-58-53(57)54(12-6)50(41-32-25-21-23-27-34-43-51(55)59-46-48(37-16-10-4)39-30-19-14-8-2)42-33-26-22-24-28-35-44-52(56)60-47-49(38-17-11-5)40-31-20-15-9-3/h48-50H,7-47H2,1-6H3. The molecule has 0 saturated heterocycles. The molecule has 356 valence electrons. The predicted molar refractivity (Wildman–Crippen MR) is 256 cm³/mol. The largest absolute Gasteiger partial charge is 0.465 e. The summed E-state index contributed by atoms with van der Waals surface area (Å²) in [6.45, 7) is 15.7. The predicted octanol–water partition coefficient (Wildman–Crippen LogP) is 16.7. The van der Waals surface area contributed by atoms with Gasteiger partial charge in [0.2, 0.25) is 0 Å². The van der Waals surface area contributed by atoms with Gasteiger partial charge < -0.3 is 19.1 Å². The van der Waals surface area contributed by atoms with Crippen molar-refractivity contribution in [3.8, 4) is 0 Å². The molecule has 0 aliphatic heterocycles. The van der Waals surface area contributed by atoms with E-state index in [1.165, 1.54) is 135 Å². The third-order valence-corrected chi connectivity index (χ3v) is 12.6. The molecule has 7 heteroatoms. The van der Waals surface area contributed by atoms with Gasteiger partial charge in [0.25, 0.3) is 0 Å². The second-order valence-electron chi connectivity index (χ2n) is 18.4. The Morgan fingerprint density at radius 1 is 0.367 bits per heavy atom. The first-order chi connectivity index (χ1) is 29.4. The van der Waals surface area contributed by atoms with Gasteiger partial charge in [0.1, 0.15) is 0 Å². The van der Waals surface area contributed by atoms with Crippen LogP contribution in [0.25, 0.3) is 0 Å². The van der Waals surface area contributed by atoms with Crippen molar-refractivity contribution in [2.24, 2.45) is 11.8 Å². The van der Waals surface area contributed by atoms with E-state index in [0.29, 0.717) is 51.0 Å². The van der Waals surface area contributed by atoms with Crippen LogP contribution in [0.2, 0.25) is 0 Å². The second-order valence-corrected chi connectivity index (χ2v) is 18.4. The minimum absolute atomic E-state index is 0.0185. The number of unbranched alkanes of at least 4 members (excludes halogenated alkanes) is 22. The van der Waals surface area contributed by atoms with E-state index in [9.17, 15) is 14.4 Å². The molecule has 0 heterocycles. The van der Waals surface area contributed by atoms with Crippen molar-refractivity contribution in [3.05, 3.63) is 0 Å². The lowest BCUT2D eigenvalue weighted by atomic mass is 9.96. The van der Waals surface area contributed by atoms with Crippen molar-refractivity contribution in [3.63, 3.8) is 0 Å². The highest BCUT2D eigenvalue weighted by atomic mass is 16.6. The van der Waals surface area contributed by atoms with Crippen molar-refractivity contribution in [1.82, 2.24) is 4.90 Å². The zero-order valence-electron chi connectivity index (χ0n) is 41.1. The molecule has 1 amide bonds. The highest BCUT2D eigenvalue weighted by Crippen LogP contribution is 2.22. The number of rotatable bonds is 46. The van der Waals surface area contributed by atoms with Crippen molar-refractivity contribution >= 4 is 18.0 Å². The van der Waals surface area contributed by atoms with Crippen molar-refractivity contribution < 1.29 is 28.6 Å². The number of hydrogen-bond donors (Lipinski definition) is 0. The monoisotopic (exact) mass is 850 g/mol. The van der Waals surface area contributed by atoms with Crippen LogP contribution in [-0.2, 0) is 23.8 Å². The number of nitrogens with zero attached hydrogens (tertiary/aromatic N) is 1. The summed E-state index contributed by atoms with van der Waals surface area (Å²) in [5.74, 6) is 1.00. The fourth-order valence-corrected chi connectivity index (χ4v) is 8.55. The average Bonchev–Trinajstić information content (AvgIpc) is 3.25. The van der Waals surface area contributed by atoms with Crippen LogP contribution in [0.5, 0.6) is 0 Å². The molecule has 0 aliphatic carbocycles. The van der Waals surface area contributed by atoms with Gasteiger partial charge in [-0.25, -0.2) is 4.79 Å². The summed E-state index contributed by atoms with van der Waals surface area (Å²) < 4.78 is 17.3. The molecule has 0 saturated carbocycles. The lowest BCUT2D eigenvalue weighted by Crippen LogP contribution is -2.40. The summed E-state index contributed by atoms with van der Waals surface area (Å²) >= 11 is 0. The van der Waals surface area contributed by atoms with Crippen LogP contribution in [-0.4, -0.2) is 55.3 Å². The summed E-state index contributed by atoms with van der Waals surface area (Å²) in [5, 5.41) is 0. The maximum Gasteiger partial charge on any atom is 0.409 e. The molecule has 0 aliphatic rings. The molecule has 0 aromatic rings. The Morgan fingerprint density at radius 3 is 1.12 bits per heavy atom. The number of hydrogen-bond acceptors (Lipinski definition) is 6. The number of ether oxygens (including phenoxy) is 3. The summed E-state index contributed by atoms with van der Waals surface area (Å²) in [7, 11) is 0. The highest BCUT2D eigenvalue weighted by Gasteiger charge is 2.23. The maximum absolute atomic E-state index is 13.3. The Kier molecular flexibility index (Phi) is 43.9. The van der Waals surface area contributed by atoms with Crippen LogP contribution in [0.1, 0.15) is 279 Å². The summed E-state index contributed by atoms with van der Waals surface area (Å²) in [5.41, 5.74) is 0. The normalized spacial score (nSPS) is 12.9. The smallest absolute Gasteiger partial charge is 0.409 e. The first-order valence-electron chi connectivity index (χ1n) is 26.6. The van der Waals surface area contributed by atoms with E-state index in [0.717, 1.165) is 89.9 Å². The second kappa shape index (κ2) is 45.2. The SMILES string of the molecule is CCCCCCCOC(=O)N(CC)C(CCCCCCCCC(=O)OCC(CCCC)CCCCCC)CCCCCCCCC(=O)OCC(CCCC)CCCCCC. The van der Waals surface area contributed by atoms with Gasteiger partial charge in [0.15, 0.2) is 0 Å². The number of esters is 2. The average molecular weight is 850 g/mol. The summed E-state index contributed by atoms with van der Waals surface area (Å²) in [6, 6.07) is 0.215. The Morgan fingerprint density at radius 2 is 0.700 bits per heavy atom. The topological polar surface area (TPSA) is 82.1 Å². The zero-order valence-corrected chi connectivity index (χ0v) is 41.1. The maximum atomic E-state index is 13.3. The van der Waals surface area contributed by atoms with Crippen molar-refractivity contribution in [2.75, 3.05) is 26.4 Å². The first kappa shape index (κ1) is 58.2. The molecule has 0 aromatic carbocycles. The van der Waals surface area contributed by atoms with Crippen LogP contribution in [0.4, 0.5) is 4.79 Å². The molecule has 2 unspecified atom stereocenters. The van der Waals surface area contributed by atoms with E-state index < -0.39 is 0 Å². The molecule has 0 aromatic heterocycles. The van der Waals surface area contributed by atoms with E-state index in [1.807, 2.05) is 4.90 Å². The molecule has 0 N–H and O–H groups in total. The molecule has 0 rings (SSSR count). The molecule has 60 heavy (non-hydrogen) atoms. The first-order valence-corrected chi connectivity index (χ1v) is 26.6. The number of amides is 1. The zero-order chi connectivity index (χ0) is 44.2. The quantitative estimate of drug-likeness (QED) is 0.0345. The molecule has 0 bridgehead atoms. The fourth-order valence-electron chi connectivity index (χ4n) is 8.55. The molecule has 2 atom stereocenters. The minimum Gasteiger partial charge on any atom is -0.465 e. The van der Waals surface area contributed by atoms with Crippen LogP contribution >= 0.6 is 0 Å². The third-order valence-electron chi connectivity index (χ3n) is 12.6. The van der Waals surface area contributed by atoms with Gasteiger partial charge in [-0.2, -0.15) is 0 Å². The summed E-state index contributed by atoms with van der Waals surface area (Å²) in [4.78, 5) is 40.3. The van der Waals surface area contributed by atoms with Crippen LogP contribution in [0.3, 0.4) is 0 Å². The Balaban J connectivity index is 4.62. The van der Waals surface area contributed by atoms with Gasteiger partial charge in [-0.15, -0.1) is 0 Å². The van der Waals surface area contributed by atoms with Gasteiger partial charge in [-0.1, -0.05) is 202 Å². The fraction of sp³-hybridized carbons (Fsp3) is 0.943. The Bertz CT molecular complexity index is 886. The van der Waals surface area contributed by atoms with Gasteiger partial charge >= 0.3 is 18.0 Å². The lowest BCUT2D eigenvalue weighted by molar-refractivity contribution is -0.146. The van der Waals surface area contributed by atoms with Crippen molar-refractivity contribution in [1.29, 1.82) is 0 Å². The molecular weight excluding hydrogens is 747 g/mol. The minimum atomic E-state index is -0.141. The number of carbonyl (C=O) groups excluding carboxylic acids is 3. The molecule has 0 fully saturated rings. The third kappa shape index (κ3) is 36.8. The van der Waals surface area contributed by atoms with Gasteiger partial charge in [-0.3, -0.25) is 9.59 Å². The lowest BCUT2D eigenvalue weighted by Gasteiger charge is -2.30. The molecule has 7 nitrogen and oxygen atoms in total. The van der Waals surface area contributed by atoms with E-state index in [2.05, 4.69) is 41.5 Å². The molecule has 0 spiro atoms. The van der Waals surface area contributed by atoms with Gasteiger partial charge in [0, 0.05) is 25.4 Å². The van der Waals surface area contributed by atoms with Crippen LogP contribution < -0.4 is 0 Å². The molecule has 0 radical (unpaired) electrons. The van der Waals surface area contributed by atoms with Crippen molar-refractivity contribution in [2.45, 2.75) is 285 Å². The van der Waals surface area contributed by atoms with Crippen LogP contribution in [0.15, 0.2) is 0 Å². The van der Waals surface area contributed by atoms with E-state index >= 15 is 0 Å². The Labute approximate surface area is 373 Å². The summed E-state index contributed by atoms with van der Waals surface area (Å²) in [6.07, 6.45) is 41.6. The Hall–Kier alpha value is -1.79. The van der Waals surface area contributed by atoms with E-state index in [-0.39, 0.29) is 24.1 Å². The van der Waals surface area contributed by atoms with E-state index in [4.69, 9.17) is 14.2 Å². The molecular formula is C53H103NO6. The van der Waals surface area contributed by atoms with Gasteiger partial charge in [-0.05, 0) is 76.5 Å². The highest BCUT2D eigenvalue weighted by molar-refractivity contribution is 5.69. The number of carbonyl (C=O) groups is 3. The van der Waals surface area contributed by atoms with Gasteiger partial charge in [0.05, 0.1) is 19.8 Å². The van der Waals surface area contributed by atoms with Crippen LogP contribution in [0, 0.1) is 11.8 Å².